The SMILES string of the molecule is CNS(=O)(=O)CCNc1nccc(C(N)=S)n1. The third-order valence-corrected chi connectivity index (χ3v) is 3.45. The Morgan fingerprint density at radius 2 is 2.29 bits per heavy atom. The number of nitrogens with one attached hydrogen (secondary N) is 2. The zero-order valence-electron chi connectivity index (χ0n) is 9.17. The maximum Gasteiger partial charge on any atom is 0.223 e. The van der Waals surface area contributed by atoms with Crippen LogP contribution in [0.15, 0.2) is 12.3 Å². The monoisotopic (exact) mass is 275 g/mol. The Kier molecular flexibility index (Phi) is 4.73. The lowest BCUT2D eigenvalue weighted by Crippen LogP contribution is -2.26. The van der Waals surface area contributed by atoms with Crippen molar-refractivity contribution in [3.8, 4) is 0 Å². The fourth-order valence-corrected chi connectivity index (χ4v) is 1.67. The Morgan fingerprint density at radius 3 is 2.88 bits per heavy atom. The second kappa shape index (κ2) is 5.84. The van der Waals surface area contributed by atoms with Crippen molar-refractivity contribution in [1.29, 1.82) is 0 Å². The van der Waals surface area contributed by atoms with E-state index in [1.54, 1.807) is 6.07 Å². The van der Waals surface area contributed by atoms with Crippen LogP contribution in [0.1, 0.15) is 5.69 Å². The molecule has 0 fully saturated rings. The van der Waals surface area contributed by atoms with Gasteiger partial charge >= 0.3 is 0 Å². The van der Waals surface area contributed by atoms with E-state index in [4.69, 9.17) is 18.0 Å². The van der Waals surface area contributed by atoms with Crippen molar-refractivity contribution in [2.24, 2.45) is 5.73 Å². The minimum Gasteiger partial charge on any atom is -0.388 e. The molecule has 0 unspecified atom stereocenters. The molecular weight excluding hydrogens is 262 g/mol. The quantitative estimate of drug-likeness (QED) is 0.575. The lowest BCUT2D eigenvalue weighted by molar-refractivity contribution is 0.588. The highest BCUT2D eigenvalue weighted by Gasteiger charge is 2.07. The summed E-state index contributed by atoms with van der Waals surface area (Å²) in [4.78, 5) is 8.09. The molecule has 1 aromatic heterocycles. The van der Waals surface area contributed by atoms with E-state index in [1.807, 2.05) is 0 Å². The zero-order valence-corrected chi connectivity index (χ0v) is 10.8. The molecule has 0 bridgehead atoms. The Hall–Kier alpha value is -1.32. The number of aromatic nitrogens is 2. The summed E-state index contributed by atoms with van der Waals surface area (Å²) in [6.07, 6.45) is 1.50. The molecule has 0 saturated heterocycles. The van der Waals surface area contributed by atoms with Gasteiger partial charge in [-0.05, 0) is 13.1 Å². The second-order valence-electron chi connectivity index (χ2n) is 3.08. The highest BCUT2D eigenvalue weighted by molar-refractivity contribution is 7.89. The third kappa shape index (κ3) is 4.59. The van der Waals surface area contributed by atoms with Crippen LogP contribution in [0.2, 0.25) is 0 Å². The molecule has 0 radical (unpaired) electrons. The molecule has 0 atom stereocenters. The fourth-order valence-electron chi connectivity index (χ4n) is 0.980. The van der Waals surface area contributed by atoms with Crippen molar-refractivity contribution in [1.82, 2.24) is 14.7 Å². The molecule has 1 heterocycles. The lowest BCUT2D eigenvalue weighted by Gasteiger charge is -2.05. The fraction of sp³-hybridized carbons (Fsp3) is 0.375. The number of hydrogen-bond donors (Lipinski definition) is 3. The van der Waals surface area contributed by atoms with Gasteiger partial charge in [-0.2, -0.15) is 0 Å². The van der Waals surface area contributed by atoms with E-state index in [0.717, 1.165) is 0 Å². The Morgan fingerprint density at radius 1 is 1.59 bits per heavy atom. The van der Waals surface area contributed by atoms with Crippen LogP contribution in [0, 0.1) is 0 Å². The molecule has 9 heteroatoms. The van der Waals surface area contributed by atoms with Gasteiger partial charge in [0.05, 0.1) is 5.75 Å². The van der Waals surface area contributed by atoms with Crippen molar-refractivity contribution in [3.63, 3.8) is 0 Å². The van der Waals surface area contributed by atoms with E-state index < -0.39 is 10.0 Å². The van der Waals surface area contributed by atoms with E-state index in [-0.39, 0.29) is 17.3 Å². The predicted octanol–water partition coefficient (Wildman–Crippen LogP) is -0.928. The van der Waals surface area contributed by atoms with Crippen LogP contribution in [0.4, 0.5) is 5.95 Å². The summed E-state index contributed by atoms with van der Waals surface area (Å²) < 4.78 is 24.5. The molecule has 4 N–H and O–H groups in total. The van der Waals surface area contributed by atoms with E-state index in [0.29, 0.717) is 11.6 Å². The number of rotatable bonds is 6. The number of hydrogen-bond acceptors (Lipinski definition) is 6. The smallest absolute Gasteiger partial charge is 0.223 e. The molecule has 0 aliphatic carbocycles. The van der Waals surface area contributed by atoms with Crippen molar-refractivity contribution >= 4 is 33.2 Å². The molecule has 0 saturated carbocycles. The van der Waals surface area contributed by atoms with Crippen molar-refractivity contribution in [3.05, 3.63) is 18.0 Å². The largest absolute Gasteiger partial charge is 0.388 e. The maximum atomic E-state index is 11.1. The summed E-state index contributed by atoms with van der Waals surface area (Å²) in [6.45, 7) is 0.198. The maximum absolute atomic E-state index is 11.1. The summed E-state index contributed by atoms with van der Waals surface area (Å²) in [7, 11) is -1.87. The van der Waals surface area contributed by atoms with Crippen molar-refractivity contribution < 1.29 is 8.42 Å². The molecule has 0 aliphatic rings. The standard InChI is InChI=1S/C8H13N5O2S2/c1-10-17(14,15)5-4-12-8-11-3-2-6(13-8)7(9)16/h2-3,10H,4-5H2,1H3,(H2,9,16)(H,11,12,13). The van der Waals surface area contributed by atoms with Gasteiger partial charge in [0.15, 0.2) is 0 Å². The molecular formula is C8H13N5O2S2. The van der Waals surface area contributed by atoms with Crippen LogP contribution < -0.4 is 15.8 Å². The number of nitrogens with two attached hydrogens (primary N) is 1. The summed E-state index contributed by atoms with van der Waals surface area (Å²) in [5, 5.41) is 2.77. The normalized spacial score (nSPS) is 11.1. The Balaban J connectivity index is 2.58. The molecule has 17 heavy (non-hydrogen) atoms. The molecule has 0 aromatic carbocycles. The van der Waals surface area contributed by atoms with Crippen LogP contribution in [0.3, 0.4) is 0 Å². The first-order valence-corrected chi connectivity index (χ1v) is 6.78. The number of sulfonamides is 1. The third-order valence-electron chi connectivity index (χ3n) is 1.87. The molecule has 0 amide bonds. The van der Waals surface area contributed by atoms with E-state index >= 15 is 0 Å². The Bertz CT molecular complexity index is 502. The first-order chi connectivity index (χ1) is 7.94. The highest BCUT2D eigenvalue weighted by atomic mass is 32.2. The van der Waals surface area contributed by atoms with E-state index in [1.165, 1.54) is 13.2 Å². The first kappa shape index (κ1) is 13.7. The van der Waals surface area contributed by atoms with Gasteiger partial charge < -0.3 is 11.1 Å². The molecule has 1 aromatic rings. The molecule has 94 valence electrons. The molecule has 7 nitrogen and oxygen atoms in total. The summed E-state index contributed by atoms with van der Waals surface area (Å²) in [6, 6.07) is 1.58. The van der Waals surface area contributed by atoms with Gasteiger partial charge in [-0.15, -0.1) is 0 Å². The van der Waals surface area contributed by atoms with Crippen LogP contribution in [0.5, 0.6) is 0 Å². The van der Waals surface area contributed by atoms with Gasteiger partial charge in [-0.1, -0.05) is 12.2 Å². The topological polar surface area (TPSA) is 110 Å². The van der Waals surface area contributed by atoms with Crippen LogP contribution in [0.25, 0.3) is 0 Å². The molecule has 0 spiro atoms. The first-order valence-electron chi connectivity index (χ1n) is 4.72. The van der Waals surface area contributed by atoms with Crippen LogP contribution in [-0.2, 0) is 10.0 Å². The molecule has 1 rings (SSSR count). The van der Waals surface area contributed by atoms with Gasteiger partial charge in [0.1, 0.15) is 10.7 Å². The number of thiocarbonyl (C=S) groups is 1. The summed E-state index contributed by atoms with van der Waals surface area (Å²) >= 11 is 4.77. The van der Waals surface area contributed by atoms with Crippen molar-refractivity contribution in [2.75, 3.05) is 24.7 Å². The van der Waals surface area contributed by atoms with E-state index in [9.17, 15) is 8.42 Å². The minimum atomic E-state index is -3.23. The second-order valence-corrected chi connectivity index (χ2v) is 5.57. The van der Waals surface area contributed by atoms with Crippen LogP contribution >= 0.6 is 12.2 Å². The minimum absolute atomic E-state index is 0.0653. The highest BCUT2D eigenvalue weighted by Crippen LogP contribution is 2.00. The van der Waals surface area contributed by atoms with E-state index in [2.05, 4.69) is 20.0 Å². The van der Waals surface area contributed by atoms with Crippen LogP contribution in [-0.4, -0.2) is 42.7 Å². The van der Waals surface area contributed by atoms with Gasteiger partial charge in [-0.25, -0.2) is 23.1 Å². The average molecular weight is 275 g/mol. The van der Waals surface area contributed by atoms with Gasteiger partial charge in [0, 0.05) is 12.7 Å². The summed E-state index contributed by atoms with van der Waals surface area (Å²) in [5.41, 5.74) is 5.85. The average Bonchev–Trinajstić information content (AvgIpc) is 2.29. The van der Waals surface area contributed by atoms with Gasteiger partial charge in [-0.3, -0.25) is 0 Å². The Labute approximate surface area is 105 Å². The molecule has 0 aliphatic heterocycles. The predicted molar refractivity (Wildman–Crippen MR) is 69.3 cm³/mol. The lowest BCUT2D eigenvalue weighted by atomic mass is 10.4. The van der Waals surface area contributed by atoms with Crippen molar-refractivity contribution in [2.45, 2.75) is 0 Å². The zero-order chi connectivity index (χ0) is 12.9. The van der Waals surface area contributed by atoms with Gasteiger partial charge in [0.25, 0.3) is 0 Å². The summed E-state index contributed by atoms with van der Waals surface area (Å²) in [5.74, 6) is 0.228. The number of anilines is 1. The van der Waals surface area contributed by atoms with Gasteiger partial charge in [0.2, 0.25) is 16.0 Å². The number of nitrogens with zero attached hydrogens (tertiary/aromatic N) is 2.